The molecule has 1 aromatic carbocycles. The third-order valence-corrected chi connectivity index (χ3v) is 6.53. The largest absolute Gasteiger partial charge is 0.493 e. The molecular formula is C17H28N2O5S. The van der Waals surface area contributed by atoms with Crippen LogP contribution in [0.1, 0.15) is 19.4 Å². The molecule has 1 fully saturated rings. The van der Waals surface area contributed by atoms with Gasteiger partial charge in [0.2, 0.25) is 10.0 Å². The fraction of sp³-hybridized carbons (Fsp3) is 0.647. The number of benzene rings is 1. The van der Waals surface area contributed by atoms with E-state index < -0.39 is 16.1 Å². The van der Waals surface area contributed by atoms with E-state index in [4.69, 9.17) is 9.47 Å². The minimum Gasteiger partial charge on any atom is -0.493 e. The number of piperazine rings is 1. The van der Waals surface area contributed by atoms with E-state index in [0.29, 0.717) is 43.2 Å². The third kappa shape index (κ3) is 4.25. The number of nitrogens with zero attached hydrogens (tertiary/aromatic N) is 2. The number of hydrogen-bond acceptors (Lipinski definition) is 6. The van der Waals surface area contributed by atoms with E-state index in [1.165, 1.54) is 24.6 Å². The molecular weight excluding hydrogens is 344 g/mol. The van der Waals surface area contributed by atoms with Crippen LogP contribution in [-0.2, 0) is 10.0 Å². The molecule has 1 N–H and O–H groups in total. The summed E-state index contributed by atoms with van der Waals surface area (Å²) in [4.78, 5) is 2.35. The summed E-state index contributed by atoms with van der Waals surface area (Å²) < 4.78 is 38.2. The maximum absolute atomic E-state index is 13.1. The van der Waals surface area contributed by atoms with Crippen LogP contribution in [0, 0.1) is 6.92 Å². The van der Waals surface area contributed by atoms with E-state index in [9.17, 15) is 13.5 Å². The third-order valence-electron chi connectivity index (χ3n) is 4.53. The van der Waals surface area contributed by atoms with Crippen molar-refractivity contribution in [1.82, 2.24) is 9.21 Å². The van der Waals surface area contributed by atoms with Crippen molar-refractivity contribution >= 4 is 10.0 Å². The van der Waals surface area contributed by atoms with Gasteiger partial charge >= 0.3 is 0 Å². The molecule has 2 rings (SSSR count). The standard InChI is InChI=1S/C17H28N2O5S/c1-12-8-15(23-4)16(24-5)9-17(12)25(21,22)19-7-6-18(11-14(3)20)13(2)10-19/h8-9,13-14,20H,6-7,10-11H2,1-5H3/t13-,14+/m0/s1. The Kier molecular flexibility index (Phi) is 6.31. The number of aliphatic hydroxyl groups is 1. The van der Waals surface area contributed by atoms with Crippen LogP contribution in [0.25, 0.3) is 0 Å². The molecule has 0 bridgehead atoms. The minimum absolute atomic E-state index is 0.0403. The molecule has 1 saturated heterocycles. The lowest BCUT2D eigenvalue weighted by Crippen LogP contribution is -2.54. The predicted octanol–water partition coefficient (Wildman–Crippen LogP) is 1.09. The molecule has 0 radical (unpaired) electrons. The summed E-state index contributed by atoms with van der Waals surface area (Å²) in [6.45, 7) is 7.40. The second kappa shape index (κ2) is 7.90. The molecule has 25 heavy (non-hydrogen) atoms. The first-order valence-corrected chi connectivity index (χ1v) is 9.79. The smallest absolute Gasteiger partial charge is 0.243 e. The normalized spacial score (nSPS) is 21.1. The molecule has 7 nitrogen and oxygen atoms in total. The average Bonchev–Trinajstić information content (AvgIpc) is 2.55. The van der Waals surface area contributed by atoms with Crippen molar-refractivity contribution in [2.24, 2.45) is 0 Å². The van der Waals surface area contributed by atoms with Gasteiger partial charge in [0.05, 0.1) is 25.2 Å². The van der Waals surface area contributed by atoms with Gasteiger partial charge in [0.25, 0.3) is 0 Å². The molecule has 2 atom stereocenters. The van der Waals surface area contributed by atoms with Crippen LogP contribution in [0.2, 0.25) is 0 Å². The molecule has 0 unspecified atom stereocenters. The molecule has 1 aliphatic heterocycles. The molecule has 1 aliphatic rings. The second-order valence-electron chi connectivity index (χ2n) is 6.53. The Morgan fingerprint density at radius 3 is 2.36 bits per heavy atom. The topological polar surface area (TPSA) is 79.3 Å². The number of methoxy groups -OCH3 is 2. The van der Waals surface area contributed by atoms with Gasteiger partial charge in [0.1, 0.15) is 0 Å². The van der Waals surface area contributed by atoms with E-state index in [0.717, 1.165) is 0 Å². The van der Waals surface area contributed by atoms with Crippen LogP contribution in [0.5, 0.6) is 11.5 Å². The zero-order valence-corrected chi connectivity index (χ0v) is 16.3. The van der Waals surface area contributed by atoms with Crippen molar-refractivity contribution < 1.29 is 23.0 Å². The molecule has 0 spiro atoms. The summed E-state index contributed by atoms with van der Waals surface area (Å²) in [6.07, 6.45) is -0.432. The Balaban J connectivity index is 2.28. The molecule has 0 amide bonds. The van der Waals surface area contributed by atoms with E-state index in [-0.39, 0.29) is 10.9 Å². The fourth-order valence-electron chi connectivity index (χ4n) is 3.17. The van der Waals surface area contributed by atoms with Crippen molar-refractivity contribution in [2.75, 3.05) is 40.4 Å². The van der Waals surface area contributed by atoms with E-state index in [1.807, 2.05) is 6.92 Å². The highest BCUT2D eigenvalue weighted by molar-refractivity contribution is 7.89. The van der Waals surface area contributed by atoms with Gasteiger partial charge in [-0.3, -0.25) is 4.90 Å². The Labute approximate surface area is 150 Å². The second-order valence-corrected chi connectivity index (χ2v) is 8.44. The fourth-order valence-corrected chi connectivity index (χ4v) is 4.90. The van der Waals surface area contributed by atoms with Crippen LogP contribution in [0.3, 0.4) is 0 Å². The van der Waals surface area contributed by atoms with Gasteiger partial charge in [-0.25, -0.2) is 8.42 Å². The number of aliphatic hydroxyl groups excluding tert-OH is 1. The van der Waals surface area contributed by atoms with Gasteiger partial charge in [-0.1, -0.05) is 0 Å². The number of sulfonamides is 1. The lowest BCUT2D eigenvalue weighted by Gasteiger charge is -2.39. The molecule has 0 aliphatic carbocycles. The van der Waals surface area contributed by atoms with Gasteiger partial charge in [0, 0.05) is 38.3 Å². The zero-order valence-electron chi connectivity index (χ0n) is 15.5. The van der Waals surface area contributed by atoms with Crippen LogP contribution in [0.4, 0.5) is 0 Å². The Morgan fingerprint density at radius 2 is 1.84 bits per heavy atom. The SMILES string of the molecule is COc1cc(C)c(S(=O)(=O)N2CCN(C[C@@H](C)O)[C@@H](C)C2)cc1OC. The van der Waals surface area contributed by atoms with Crippen LogP contribution in [-0.4, -0.2) is 75.3 Å². The van der Waals surface area contributed by atoms with Gasteiger partial charge in [-0.05, 0) is 32.4 Å². The first-order valence-electron chi connectivity index (χ1n) is 8.35. The Morgan fingerprint density at radius 1 is 1.24 bits per heavy atom. The van der Waals surface area contributed by atoms with Crippen molar-refractivity contribution in [3.05, 3.63) is 17.7 Å². The average molecular weight is 372 g/mol. The van der Waals surface area contributed by atoms with Crippen LogP contribution < -0.4 is 9.47 Å². The van der Waals surface area contributed by atoms with Gasteiger partial charge in [-0.15, -0.1) is 0 Å². The molecule has 0 aromatic heterocycles. The number of hydrogen-bond donors (Lipinski definition) is 1. The first-order chi connectivity index (χ1) is 11.7. The molecule has 8 heteroatoms. The quantitative estimate of drug-likeness (QED) is 0.805. The number of ether oxygens (including phenoxy) is 2. The van der Waals surface area contributed by atoms with Gasteiger partial charge in [0.15, 0.2) is 11.5 Å². The summed E-state index contributed by atoms with van der Waals surface area (Å²) in [5.74, 6) is 0.904. The van der Waals surface area contributed by atoms with Crippen molar-refractivity contribution in [3.63, 3.8) is 0 Å². The van der Waals surface area contributed by atoms with Crippen molar-refractivity contribution in [3.8, 4) is 11.5 Å². The van der Waals surface area contributed by atoms with Crippen LogP contribution >= 0.6 is 0 Å². The van der Waals surface area contributed by atoms with E-state index >= 15 is 0 Å². The predicted molar refractivity (Wildman–Crippen MR) is 95.8 cm³/mol. The summed E-state index contributed by atoms with van der Waals surface area (Å²) in [5.41, 5.74) is 0.622. The Bertz CT molecular complexity index is 705. The highest BCUT2D eigenvalue weighted by Crippen LogP contribution is 2.34. The summed E-state index contributed by atoms with van der Waals surface area (Å²) in [6, 6.07) is 3.24. The van der Waals surface area contributed by atoms with Crippen LogP contribution in [0.15, 0.2) is 17.0 Å². The highest BCUT2D eigenvalue weighted by atomic mass is 32.2. The highest BCUT2D eigenvalue weighted by Gasteiger charge is 2.34. The Hall–Kier alpha value is -1.35. The maximum atomic E-state index is 13.1. The molecule has 142 valence electrons. The number of aryl methyl sites for hydroxylation is 1. The van der Waals surface area contributed by atoms with Crippen molar-refractivity contribution in [1.29, 1.82) is 0 Å². The number of rotatable bonds is 6. The van der Waals surface area contributed by atoms with Crippen molar-refractivity contribution in [2.45, 2.75) is 37.8 Å². The maximum Gasteiger partial charge on any atom is 0.243 e. The molecule has 0 saturated carbocycles. The minimum atomic E-state index is -3.63. The first kappa shape index (κ1) is 20.0. The monoisotopic (exact) mass is 372 g/mol. The summed E-state index contributed by atoms with van der Waals surface area (Å²) in [5, 5.41) is 9.57. The van der Waals surface area contributed by atoms with E-state index in [2.05, 4.69) is 4.90 Å². The zero-order chi connectivity index (χ0) is 18.8. The summed E-state index contributed by atoms with van der Waals surface area (Å²) in [7, 11) is -0.618. The number of β-amino-alcohol motifs (C(OH)–C–C–N with tert-alkyl or cyclic N) is 1. The van der Waals surface area contributed by atoms with E-state index in [1.54, 1.807) is 19.9 Å². The lowest BCUT2D eigenvalue weighted by molar-refractivity contribution is 0.0699. The lowest BCUT2D eigenvalue weighted by atomic mass is 10.2. The molecule has 1 heterocycles. The molecule has 1 aromatic rings. The van der Waals surface area contributed by atoms with Gasteiger partial charge in [-0.2, -0.15) is 4.31 Å². The van der Waals surface area contributed by atoms with Gasteiger partial charge < -0.3 is 14.6 Å². The summed E-state index contributed by atoms with van der Waals surface area (Å²) >= 11 is 0.